The standard InChI is InChI=1S/C12H13FN2O3/c13-10-5-8(14)1-2-9(10)11(16)15-4-3-7(6-15)12(17)18/h1-2,5,7H,3-4,6,14H2,(H,17,18). The molecule has 0 aromatic heterocycles. The second-order valence-corrected chi connectivity index (χ2v) is 4.31. The number of carboxylic acids is 1. The Morgan fingerprint density at radius 3 is 2.72 bits per heavy atom. The molecule has 1 heterocycles. The van der Waals surface area contributed by atoms with E-state index in [-0.39, 0.29) is 17.8 Å². The first-order valence-electron chi connectivity index (χ1n) is 5.56. The summed E-state index contributed by atoms with van der Waals surface area (Å²) in [5.74, 6) is -2.66. The molecule has 3 N–H and O–H groups in total. The van der Waals surface area contributed by atoms with Crippen LogP contribution in [0.25, 0.3) is 0 Å². The normalized spacial score (nSPS) is 18.9. The summed E-state index contributed by atoms with van der Waals surface area (Å²) in [6.07, 6.45) is 0.400. The summed E-state index contributed by atoms with van der Waals surface area (Å²) in [5, 5.41) is 8.85. The van der Waals surface area contributed by atoms with Gasteiger partial charge in [0.05, 0.1) is 11.5 Å². The lowest BCUT2D eigenvalue weighted by Gasteiger charge is -2.16. The number of nitrogens with zero attached hydrogens (tertiary/aromatic N) is 1. The summed E-state index contributed by atoms with van der Waals surface area (Å²) in [6.45, 7) is 0.456. The van der Waals surface area contributed by atoms with Gasteiger partial charge in [-0.3, -0.25) is 9.59 Å². The minimum Gasteiger partial charge on any atom is -0.481 e. The zero-order chi connectivity index (χ0) is 13.3. The zero-order valence-electron chi connectivity index (χ0n) is 9.60. The molecular weight excluding hydrogens is 239 g/mol. The van der Waals surface area contributed by atoms with E-state index in [1.165, 1.54) is 17.0 Å². The van der Waals surface area contributed by atoms with E-state index in [0.717, 1.165) is 6.07 Å². The van der Waals surface area contributed by atoms with Crippen LogP contribution in [0.2, 0.25) is 0 Å². The van der Waals surface area contributed by atoms with Gasteiger partial charge in [-0.2, -0.15) is 0 Å². The molecule has 1 aromatic rings. The predicted octanol–water partition coefficient (Wildman–Crippen LogP) is 0.955. The van der Waals surface area contributed by atoms with Crippen molar-refractivity contribution in [2.45, 2.75) is 6.42 Å². The largest absolute Gasteiger partial charge is 0.481 e. The Labute approximate surface area is 103 Å². The lowest BCUT2D eigenvalue weighted by molar-refractivity contribution is -0.141. The van der Waals surface area contributed by atoms with Crippen LogP contribution in [0.3, 0.4) is 0 Å². The van der Waals surface area contributed by atoms with Crippen molar-refractivity contribution in [3.05, 3.63) is 29.6 Å². The first kappa shape index (κ1) is 12.3. The van der Waals surface area contributed by atoms with Crippen LogP contribution >= 0.6 is 0 Å². The predicted molar refractivity (Wildman–Crippen MR) is 62.5 cm³/mol. The van der Waals surface area contributed by atoms with Crippen LogP contribution in [0.1, 0.15) is 16.8 Å². The topological polar surface area (TPSA) is 83.6 Å². The van der Waals surface area contributed by atoms with Crippen LogP contribution in [-0.2, 0) is 4.79 Å². The van der Waals surface area contributed by atoms with Gasteiger partial charge in [-0.25, -0.2) is 4.39 Å². The molecule has 0 bridgehead atoms. The van der Waals surface area contributed by atoms with Gasteiger partial charge in [-0.05, 0) is 24.6 Å². The third-order valence-corrected chi connectivity index (χ3v) is 3.05. The molecule has 5 nitrogen and oxygen atoms in total. The minimum atomic E-state index is -0.928. The monoisotopic (exact) mass is 252 g/mol. The van der Waals surface area contributed by atoms with Gasteiger partial charge in [-0.15, -0.1) is 0 Å². The summed E-state index contributed by atoms with van der Waals surface area (Å²) in [6, 6.07) is 3.85. The summed E-state index contributed by atoms with van der Waals surface area (Å²) < 4.78 is 13.6. The van der Waals surface area contributed by atoms with E-state index in [2.05, 4.69) is 0 Å². The smallest absolute Gasteiger partial charge is 0.308 e. The van der Waals surface area contributed by atoms with E-state index in [0.29, 0.717) is 13.0 Å². The number of amides is 1. The van der Waals surface area contributed by atoms with Gasteiger partial charge in [-0.1, -0.05) is 0 Å². The number of carboxylic acid groups (broad SMARTS) is 1. The highest BCUT2D eigenvalue weighted by Gasteiger charge is 2.32. The molecule has 0 saturated carbocycles. The van der Waals surface area contributed by atoms with E-state index in [9.17, 15) is 14.0 Å². The first-order valence-corrected chi connectivity index (χ1v) is 5.56. The van der Waals surface area contributed by atoms with Crippen molar-refractivity contribution in [2.75, 3.05) is 18.8 Å². The van der Waals surface area contributed by atoms with Gasteiger partial charge in [0.25, 0.3) is 5.91 Å². The molecule has 96 valence electrons. The van der Waals surface area contributed by atoms with Gasteiger partial charge in [0.15, 0.2) is 0 Å². The highest BCUT2D eigenvalue weighted by atomic mass is 19.1. The van der Waals surface area contributed by atoms with Crippen LogP contribution in [0.5, 0.6) is 0 Å². The van der Waals surface area contributed by atoms with Gasteiger partial charge in [0, 0.05) is 18.8 Å². The molecule has 1 amide bonds. The lowest BCUT2D eigenvalue weighted by Crippen LogP contribution is -2.30. The molecular formula is C12H13FN2O3. The van der Waals surface area contributed by atoms with E-state index < -0.39 is 23.6 Å². The number of hydrogen-bond acceptors (Lipinski definition) is 3. The quantitative estimate of drug-likeness (QED) is 0.768. The maximum atomic E-state index is 13.6. The summed E-state index contributed by atoms with van der Waals surface area (Å²) >= 11 is 0. The molecule has 2 rings (SSSR count). The molecule has 1 saturated heterocycles. The van der Waals surface area contributed by atoms with Crippen LogP contribution < -0.4 is 5.73 Å². The molecule has 1 atom stereocenters. The molecule has 1 aromatic carbocycles. The average Bonchev–Trinajstić information content (AvgIpc) is 2.77. The number of nitrogens with two attached hydrogens (primary N) is 1. The van der Waals surface area contributed by atoms with Crippen LogP contribution in [0.15, 0.2) is 18.2 Å². The number of carbonyl (C=O) groups excluding carboxylic acids is 1. The van der Waals surface area contributed by atoms with E-state index >= 15 is 0 Å². The first-order chi connectivity index (χ1) is 8.49. The van der Waals surface area contributed by atoms with Crippen molar-refractivity contribution in [1.82, 2.24) is 4.90 Å². The van der Waals surface area contributed by atoms with E-state index in [1.807, 2.05) is 0 Å². The lowest BCUT2D eigenvalue weighted by atomic mass is 10.1. The number of halogens is 1. The number of hydrogen-bond donors (Lipinski definition) is 2. The van der Waals surface area contributed by atoms with Crippen molar-refractivity contribution in [2.24, 2.45) is 5.92 Å². The number of rotatable bonds is 2. The molecule has 6 heteroatoms. The third-order valence-electron chi connectivity index (χ3n) is 3.05. The van der Waals surface area contributed by atoms with Crippen molar-refractivity contribution in [1.29, 1.82) is 0 Å². The molecule has 1 unspecified atom stereocenters. The average molecular weight is 252 g/mol. The second kappa shape index (κ2) is 4.64. The van der Waals surface area contributed by atoms with Crippen molar-refractivity contribution >= 4 is 17.6 Å². The van der Waals surface area contributed by atoms with Gasteiger partial charge in [0.1, 0.15) is 5.82 Å². The minimum absolute atomic E-state index is 0.0739. The van der Waals surface area contributed by atoms with Gasteiger partial charge < -0.3 is 15.7 Å². The highest BCUT2D eigenvalue weighted by Crippen LogP contribution is 2.21. The number of benzene rings is 1. The SMILES string of the molecule is Nc1ccc(C(=O)N2CCC(C(=O)O)C2)c(F)c1. The van der Waals surface area contributed by atoms with E-state index in [4.69, 9.17) is 10.8 Å². The molecule has 1 fully saturated rings. The maximum Gasteiger partial charge on any atom is 0.308 e. The highest BCUT2D eigenvalue weighted by molar-refractivity contribution is 5.95. The van der Waals surface area contributed by atoms with Crippen molar-refractivity contribution in [3.63, 3.8) is 0 Å². The maximum absolute atomic E-state index is 13.6. The molecule has 0 radical (unpaired) electrons. The van der Waals surface area contributed by atoms with Crippen LogP contribution in [0, 0.1) is 11.7 Å². The van der Waals surface area contributed by atoms with Gasteiger partial charge >= 0.3 is 5.97 Å². The molecule has 1 aliphatic heterocycles. The fraction of sp³-hybridized carbons (Fsp3) is 0.333. The van der Waals surface area contributed by atoms with Crippen LogP contribution in [-0.4, -0.2) is 35.0 Å². The Balaban J connectivity index is 2.15. The van der Waals surface area contributed by atoms with Gasteiger partial charge in [0.2, 0.25) is 0 Å². The van der Waals surface area contributed by atoms with Crippen molar-refractivity contribution in [3.8, 4) is 0 Å². The Kier molecular flexibility index (Phi) is 3.18. The van der Waals surface area contributed by atoms with Crippen LogP contribution in [0.4, 0.5) is 10.1 Å². The Hall–Kier alpha value is -2.11. The number of likely N-dealkylation sites (tertiary alicyclic amines) is 1. The number of nitrogen functional groups attached to an aromatic ring is 1. The van der Waals surface area contributed by atoms with E-state index in [1.54, 1.807) is 0 Å². The van der Waals surface area contributed by atoms with Crippen molar-refractivity contribution < 1.29 is 19.1 Å². The number of carbonyl (C=O) groups is 2. The molecule has 18 heavy (non-hydrogen) atoms. The number of aliphatic carboxylic acids is 1. The summed E-state index contributed by atoms with van der Waals surface area (Å²) in [5.41, 5.74) is 5.57. The molecule has 0 spiro atoms. The zero-order valence-corrected chi connectivity index (χ0v) is 9.60. The molecule has 1 aliphatic rings. The number of anilines is 1. The fourth-order valence-corrected chi connectivity index (χ4v) is 2.02. The third kappa shape index (κ3) is 2.27. The Morgan fingerprint density at radius 2 is 2.17 bits per heavy atom. The fourth-order valence-electron chi connectivity index (χ4n) is 2.02. The Morgan fingerprint density at radius 1 is 1.44 bits per heavy atom. The second-order valence-electron chi connectivity index (χ2n) is 4.31. The molecule has 0 aliphatic carbocycles. The summed E-state index contributed by atoms with van der Waals surface area (Å²) in [7, 11) is 0. The Bertz CT molecular complexity index is 504. The summed E-state index contributed by atoms with van der Waals surface area (Å²) in [4.78, 5) is 24.1.